The molecule has 8 heteroatoms. The summed E-state index contributed by atoms with van der Waals surface area (Å²) in [6, 6.07) is 12.0. The van der Waals surface area contributed by atoms with Crippen LogP contribution in [0, 0.1) is 11.3 Å². The van der Waals surface area contributed by atoms with E-state index in [2.05, 4.69) is 11.4 Å². The van der Waals surface area contributed by atoms with Gasteiger partial charge in [-0.25, -0.2) is 0 Å². The zero-order valence-electron chi connectivity index (χ0n) is 16.7. The predicted octanol–water partition coefficient (Wildman–Crippen LogP) is 3.38. The standard InChI is InChI=1S/C21H23N3O4.ClH/c1-13(23)21(25)24-19-11-14(5-6-20(19)28-4)18(7-8-22)15-9-16(26-2)12-17(10-15)27-3;/h5-7,9-13H,23H2,1-4H3,(H,24,25);1H/b18-7-;. The van der Waals surface area contributed by atoms with Crippen molar-refractivity contribution in [1.29, 1.82) is 5.26 Å². The molecule has 0 fully saturated rings. The lowest BCUT2D eigenvalue weighted by Crippen LogP contribution is -2.32. The lowest BCUT2D eigenvalue weighted by atomic mass is 9.96. The van der Waals surface area contributed by atoms with Crippen LogP contribution in [0.5, 0.6) is 17.2 Å². The summed E-state index contributed by atoms with van der Waals surface area (Å²) in [4.78, 5) is 12.0. The van der Waals surface area contributed by atoms with Crippen molar-refractivity contribution in [3.8, 4) is 23.3 Å². The fourth-order valence-corrected chi connectivity index (χ4v) is 2.58. The molecule has 2 aromatic carbocycles. The fraction of sp³-hybridized carbons (Fsp3) is 0.238. The molecule has 1 atom stereocenters. The van der Waals surface area contributed by atoms with E-state index in [1.165, 1.54) is 13.2 Å². The van der Waals surface area contributed by atoms with Crippen LogP contribution >= 0.6 is 12.4 Å². The summed E-state index contributed by atoms with van der Waals surface area (Å²) in [6.45, 7) is 1.59. The van der Waals surface area contributed by atoms with Crippen molar-refractivity contribution in [2.24, 2.45) is 5.73 Å². The van der Waals surface area contributed by atoms with Gasteiger partial charge in [0.25, 0.3) is 0 Å². The van der Waals surface area contributed by atoms with Crippen molar-refractivity contribution >= 4 is 29.6 Å². The number of ether oxygens (including phenoxy) is 3. The highest BCUT2D eigenvalue weighted by Gasteiger charge is 2.15. The highest BCUT2D eigenvalue weighted by Crippen LogP contribution is 2.34. The average Bonchev–Trinajstić information content (AvgIpc) is 2.71. The summed E-state index contributed by atoms with van der Waals surface area (Å²) in [5.74, 6) is 1.33. The van der Waals surface area contributed by atoms with Gasteiger partial charge >= 0.3 is 0 Å². The molecule has 1 amide bonds. The molecule has 0 saturated heterocycles. The van der Waals surface area contributed by atoms with Crippen LogP contribution in [-0.4, -0.2) is 33.3 Å². The van der Waals surface area contributed by atoms with E-state index in [0.717, 1.165) is 5.56 Å². The zero-order chi connectivity index (χ0) is 20.7. The Hall–Kier alpha value is -3.21. The maximum absolute atomic E-state index is 12.0. The minimum atomic E-state index is -0.676. The monoisotopic (exact) mass is 417 g/mol. The number of nitrogens with two attached hydrogens (primary N) is 1. The number of carbonyl (C=O) groups is 1. The number of hydrogen-bond acceptors (Lipinski definition) is 6. The van der Waals surface area contributed by atoms with Crippen molar-refractivity contribution in [1.82, 2.24) is 0 Å². The van der Waals surface area contributed by atoms with Crippen LogP contribution in [-0.2, 0) is 4.79 Å². The first-order chi connectivity index (χ1) is 13.4. The van der Waals surface area contributed by atoms with Crippen molar-refractivity contribution in [2.75, 3.05) is 26.6 Å². The summed E-state index contributed by atoms with van der Waals surface area (Å²) in [6.07, 6.45) is 1.42. The molecule has 2 rings (SSSR count). The predicted molar refractivity (Wildman–Crippen MR) is 115 cm³/mol. The van der Waals surface area contributed by atoms with Gasteiger partial charge in [0.1, 0.15) is 17.2 Å². The highest BCUT2D eigenvalue weighted by molar-refractivity contribution is 5.96. The van der Waals surface area contributed by atoms with Crippen LogP contribution < -0.4 is 25.3 Å². The minimum absolute atomic E-state index is 0. The van der Waals surface area contributed by atoms with Gasteiger partial charge in [0.05, 0.1) is 39.1 Å². The molecule has 0 saturated carbocycles. The molecule has 3 N–H and O–H groups in total. The van der Waals surface area contributed by atoms with E-state index in [-0.39, 0.29) is 18.3 Å². The minimum Gasteiger partial charge on any atom is -0.497 e. The second-order valence-corrected chi connectivity index (χ2v) is 5.98. The van der Waals surface area contributed by atoms with Gasteiger partial charge in [-0.2, -0.15) is 5.26 Å². The molecule has 0 heterocycles. The number of allylic oxidation sites excluding steroid dienone is 1. The molecule has 0 aromatic heterocycles. The van der Waals surface area contributed by atoms with Gasteiger partial charge in [-0.1, -0.05) is 6.07 Å². The van der Waals surface area contributed by atoms with Crippen LogP contribution in [0.25, 0.3) is 5.57 Å². The molecule has 0 aliphatic heterocycles. The number of halogens is 1. The van der Waals surface area contributed by atoms with E-state index in [1.807, 2.05) is 0 Å². The number of nitrogens with zero attached hydrogens (tertiary/aromatic N) is 1. The quantitative estimate of drug-likeness (QED) is 0.669. The molecule has 0 spiro atoms. The Morgan fingerprint density at radius 2 is 1.69 bits per heavy atom. The third-order valence-corrected chi connectivity index (χ3v) is 4.05. The molecule has 0 aliphatic carbocycles. The lowest BCUT2D eigenvalue weighted by Gasteiger charge is -2.16. The maximum atomic E-state index is 12.0. The van der Waals surface area contributed by atoms with Crippen LogP contribution in [0.3, 0.4) is 0 Å². The summed E-state index contributed by atoms with van der Waals surface area (Å²) in [7, 11) is 4.62. The summed E-state index contributed by atoms with van der Waals surface area (Å²) < 4.78 is 16.0. The molecule has 0 radical (unpaired) electrons. The molecule has 154 valence electrons. The van der Waals surface area contributed by atoms with Crippen molar-refractivity contribution < 1.29 is 19.0 Å². The van der Waals surface area contributed by atoms with Crippen LogP contribution in [0.15, 0.2) is 42.5 Å². The Morgan fingerprint density at radius 1 is 1.07 bits per heavy atom. The Morgan fingerprint density at radius 3 is 2.17 bits per heavy atom. The number of nitriles is 1. The molecule has 1 unspecified atom stereocenters. The molecular weight excluding hydrogens is 394 g/mol. The SMILES string of the molecule is COc1cc(OC)cc(/C(=C\C#N)c2ccc(OC)c(NC(=O)C(C)N)c2)c1.Cl. The number of methoxy groups -OCH3 is 3. The number of nitrogens with one attached hydrogen (secondary N) is 1. The fourth-order valence-electron chi connectivity index (χ4n) is 2.58. The third-order valence-electron chi connectivity index (χ3n) is 4.05. The first-order valence-electron chi connectivity index (χ1n) is 8.51. The lowest BCUT2D eigenvalue weighted by molar-refractivity contribution is -0.117. The Kier molecular flexibility index (Phi) is 9.00. The second-order valence-electron chi connectivity index (χ2n) is 5.98. The smallest absolute Gasteiger partial charge is 0.241 e. The normalized spacial score (nSPS) is 11.5. The Bertz CT molecular complexity index is 914. The van der Waals surface area contributed by atoms with E-state index >= 15 is 0 Å². The van der Waals surface area contributed by atoms with Gasteiger partial charge in [-0.15, -0.1) is 12.4 Å². The number of amides is 1. The van der Waals surface area contributed by atoms with Gasteiger partial charge < -0.3 is 25.3 Å². The van der Waals surface area contributed by atoms with E-state index in [0.29, 0.717) is 34.1 Å². The summed E-state index contributed by atoms with van der Waals surface area (Å²) >= 11 is 0. The molecule has 0 bridgehead atoms. The number of benzene rings is 2. The largest absolute Gasteiger partial charge is 0.497 e. The van der Waals surface area contributed by atoms with Gasteiger partial charge in [-0.05, 0) is 47.9 Å². The van der Waals surface area contributed by atoms with E-state index < -0.39 is 6.04 Å². The van der Waals surface area contributed by atoms with Gasteiger partial charge in [0.15, 0.2) is 0 Å². The zero-order valence-corrected chi connectivity index (χ0v) is 17.5. The first-order valence-corrected chi connectivity index (χ1v) is 8.51. The molecule has 7 nitrogen and oxygen atoms in total. The maximum Gasteiger partial charge on any atom is 0.241 e. The van der Waals surface area contributed by atoms with Crippen molar-refractivity contribution in [3.63, 3.8) is 0 Å². The molecule has 0 aliphatic rings. The van der Waals surface area contributed by atoms with Gasteiger partial charge in [0, 0.05) is 12.1 Å². The second kappa shape index (κ2) is 11.0. The third kappa shape index (κ3) is 5.88. The molecule has 2 aromatic rings. The molecular formula is C21H24ClN3O4. The Labute approximate surface area is 176 Å². The van der Waals surface area contributed by atoms with E-state index in [4.69, 9.17) is 19.9 Å². The van der Waals surface area contributed by atoms with E-state index in [1.54, 1.807) is 57.5 Å². The van der Waals surface area contributed by atoms with Crippen molar-refractivity contribution in [2.45, 2.75) is 13.0 Å². The van der Waals surface area contributed by atoms with E-state index in [9.17, 15) is 10.1 Å². The van der Waals surface area contributed by atoms with Crippen LogP contribution in [0.4, 0.5) is 5.69 Å². The van der Waals surface area contributed by atoms with Gasteiger partial charge in [0.2, 0.25) is 5.91 Å². The number of hydrogen-bond donors (Lipinski definition) is 2. The highest BCUT2D eigenvalue weighted by atomic mass is 35.5. The van der Waals surface area contributed by atoms with Crippen LogP contribution in [0.2, 0.25) is 0 Å². The Balaban J connectivity index is 0.00000420. The number of rotatable bonds is 7. The van der Waals surface area contributed by atoms with Crippen LogP contribution in [0.1, 0.15) is 18.1 Å². The van der Waals surface area contributed by atoms with Gasteiger partial charge in [-0.3, -0.25) is 4.79 Å². The summed E-state index contributed by atoms with van der Waals surface area (Å²) in [5.41, 5.74) is 8.17. The first kappa shape index (κ1) is 23.8. The topological polar surface area (TPSA) is 107 Å². The summed E-state index contributed by atoms with van der Waals surface area (Å²) in [5, 5.41) is 12.0. The number of anilines is 1. The van der Waals surface area contributed by atoms with Crippen molar-refractivity contribution in [3.05, 3.63) is 53.6 Å². The number of carbonyl (C=O) groups excluding carboxylic acids is 1. The molecule has 29 heavy (non-hydrogen) atoms. The average molecular weight is 418 g/mol.